The number of nitrogens with zero attached hydrogens (tertiary/aromatic N) is 2. The second kappa shape index (κ2) is 7.23. The molecule has 0 saturated carbocycles. The zero-order chi connectivity index (χ0) is 16.2. The molecule has 0 aliphatic carbocycles. The van der Waals surface area contributed by atoms with Gasteiger partial charge in [-0.25, -0.2) is 0 Å². The van der Waals surface area contributed by atoms with E-state index in [4.69, 9.17) is 0 Å². The van der Waals surface area contributed by atoms with E-state index in [0.717, 1.165) is 32.6 Å². The number of carbonyl (C=O) groups is 1. The van der Waals surface area contributed by atoms with Crippen LogP contribution in [0, 0.1) is 0 Å². The molecule has 1 N–H and O–H groups in total. The molecule has 0 radical (unpaired) electrons. The lowest BCUT2D eigenvalue weighted by atomic mass is 10.1. The van der Waals surface area contributed by atoms with Crippen LogP contribution >= 0.6 is 0 Å². The van der Waals surface area contributed by atoms with Crippen molar-refractivity contribution in [3.63, 3.8) is 0 Å². The molecule has 0 bridgehead atoms. The maximum atomic E-state index is 12.5. The Morgan fingerprint density at radius 2 is 2.04 bits per heavy atom. The molecule has 2 saturated heterocycles. The third-order valence-corrected chi connectivity index (χ3v) is 4.46. The van der Waals surface area contributed by atoms with Crippen molar-refractivity contribution < 1.29 is 18.3 Å². The van der Waals surface area contributed by atoms with Gasteiger partial charge >= 0.3 is 6.61 Å². The highest BCUT2D eigenvalue weighted by Gasteiger charge is 2.28. The van der Waals surface area contributed by atoms with E-state index in [1.807, 2.05) is 0 Å². The standard InChI is InChI=1S/C16H21F2N3O2/c17-16(18)23-14-3-1-2-12(10-14)15(22)21-8-6-20(7-9-21)13-4-5-19-11-13/h1-3,10,13,16,19H,4-9,11H2. The van der Waals surface area contributed by atoms with Crippen LogP contribution in [0.15, 0.2) is 24.3 Å². The van der Waals surface area contributed by atoms with Crippen LogP contribution in [0.2, 0.25) is 0 Å². The molecular formula is C16H21F2N3O2. The first-order chi connectivity index (χ1) is 11.1. The van der Waals surface area contributed by atoms with Crippen LogP contribution in [0.1, 0.15) is 16.8 Å². The maximum Gasteiger partial charge on any atom is 0.387 e. The molecule has 1 aromatic carbocycles. The van der Waals surface area contributed by atoms with E-state index in [-0.39, 0.29) is 11.7 Å². The summed E-state index contributed by atoms with van der Waals surface area (Å²) in [5.74, 6) is -0.115. The molecule has 3 rings (SSSR count). The normalized spacial score (nSPS) is 22.6. The Hall–Kier alpha value is -1.73. The first-order valence-corrected chi connectivity index (χ1v) is 7.92. The minimum absolute atomic E-state index is 0.0153. The maximum absolute atomic E-state index is 12.5. The van der Waals surface area contributed by atoms with Gasteiger partial charge in [-0.1, -0.05) is 6.07 Å². The monoisotopic (exact) mass is 325 g/mol. The quantitative estimate of drug-likeness (QED) is 0.909. The first-order valence-electron chi connectivity index (χ1n) is 7.92. The number of alkyl halides is 2. The number of nitrogens with one attached hydrogen (secondary N) is 1. The lowest BCUT2D eigenvalue weighted by Gasteiger charge is -2.37. The fourth-order valence-corrected chi connectivity index (χ4v) is 3.23. The molecule has 7 heteroatoms. The van der Waals surface area contributed by atoms with Crippen LogP contribution < -0.4 is 10.1 Å². The fourth-order valence-electron chi connectivity index (χ4n) is 3.23. The summed E-state index contributed by atoms with van der Waals surface area (Å²) in [5.41, 5.74) is 0.388. The third-order valence-electron chi connectivity index (χ3n) is 4.46. The van der Waals surface area contributed by atoms with Gasteiger partial charge in [0.25, 0.3) is 5.91 Å². The summed E-state index contributed by atoms with van der Waals surface area (Å²) in [4.78, 5) is 16.7. The van der Waals surface area contributed by atoms with E-state index >= 15 is 0 Å². The van der Waals surface area contributed by atoms with Gasteiger partial charge in [0.05, 0.1) is 0 Å². The van der Waals surface area contributed by atoms with Crippen molar-refractivity contribution in [1.29, 1.82) is 0 Å². The van der Waals surface area contributed by atoms with Crippen molar-refractivity contribution in [2.45, 2.75) is 19.1 Å². The molecule has 23 heavy (non-hydrogen) atoms. The highest BCUT2D eigenvalue weighted by Crippen LogP contribution is 2.19. The number of hydrogen-bond acceptors (Lipinski definition) is 4. The predicted octanol–water partition coefficient (Wildman–Crippen LogP) is 1.41. The van der Waals surface area contributed by atoms with E-state index in [1.165, 1.54) is 12.1 Å². The number of hydrogen-bond donors (Lipinski definition) is 1. The number of rotatable bonds is 4. The number of halogens is 2. The van der Waals surface area contributed by atoms with E-state index in [1.54, 1.807) is 17.0 Å². The summed E-state index contributed by atoms with van der Waals surface area (Å²) in [6.45, 7) is 2.21. The Kier molecular flexibility index (Phi) is 5.07. The molecule has 0 spiro atoms. The second-order valence-electron chi connectivity index (χ2n) is 5.88. The van der Waals surface area contributed by atoms with Gasteiger partial charge < -0.3 is 15.0 Å². The van der Waals surface area contributed by atoms with Crippen molar-refractivity contribution >= 4 is 5.91 Å². The lowest BCUT2D eigenvalue weighted by Crippen LogP contribution is -2.52. The minimum atomic E-state index is -2.89. The Morgan fingerprint density at radius 3 is 2.70 bits per heavy atom. The Balaban J connectivity index is 1.58. The summed E-state index contributed by atoms with van der Waals surface area (Å²) in [7, 11) is 0. The third kappa shape index (κ3) is 3.97. The molecule has 1 atom stereocenters. The minimum Gasteiger partial charge on any atom is -0.435 e. The zero-order valence-electron chi connectivity index (χ0n) is 12.9. The summed E-state index contributed by atoms with van der Waals surface area (Å²) in [6, 6.07) is 6.56. The van der Waals surface area contributed by atoms with Crippen molar-refractivity contribution in [2.75, 3.05) is 39.3 Å². The highest BCUT2D eigenvalue weighted by molar-refractivity contribution is 5.94. The molecule has 5 nitrogen and oxygen atoms in total. The molecule has 2 aliphatic heterocycles. The van der Waals surface area contributed by atoms with Gasteiger partial charge in [0.15, 0.2) is 0 Å². The lowest BCUT2D eigenvalue weighted by molar-refractivity contribution is -0.0499. The largest absolute Gasteiger partial charge is 0.435 e. The summed E-state index contributed by atoms with van der Waals surface area (Å²) >= 11 is 0. The van der Waals surface area contributed by atoms with Crippen molar-refractivity contribution in [2.24, 2.45) is 0 Å². The van der Waals surface area contributed by atoms with Crippen LogP contribution in [0.5, 0.6) is 5.75 Å². The van der Waals surface area contributed by atoms with Gasteiger partial charge in [-0.2, -0.15) is 8.78 Å². The Labute approximate surface area is 134 Å². The van der Waals surface area contributed by atoms with E-state index in [9.17, 15) is 13.6 Å². The van der Waals surface area contributed by atoms with Crippen LogP contribution in [-0.2, 0) is 0 Å². The van der Waals surface area contributed by atoms with E-state index in [0.29, 0.717) is 24.7 Å². The molecule has 1 unspecified atom stereocenters. The number of benzene rings is 1. The van der Waals surface area contributed by atoms with Gasteiger partial charge in [0, 0.05) is 44.3 Å². The van der Waals surface area contributed by atoms with E-state index in [2.05, 4.69) is 15.0 Å². The topological polar surface area (TPSA) is 44.8 Å². The Morgan fingerprint density at radius 1 is 1.26 bits per heavy atom. The molecule has 1 amide bonds. The second-order valence-corrected chi connectivity index (χ2v) is 5.88. The number of amides is 1. The summed E-state index contributed by atoms with van der Waals surface area (Å²) in [5, 5.41) is 3.35. The Bertz CT molecular complexity index is 542. The number of ether oxygens (including phenoxy) is 1. The van der Waals surface area contributed by atoms with Gasteiger partial charge in [-0.3, -0.25) is 9.69 Å². The van der Waals surface area contributed by atoms with Gasteiger partial charge in [-0.15, -0.1) is 0 Å². The molecule has 1 aromatic rings. The van der Waals surface area contributed by atoms with Crippen LogP contribution in [-0.4, -0.2) is 67.6 Å². The molecule has 2 aliphatic rings. The molecular weight excluding hydrogens is 304 g/mol. The summed E-state index contributed by atoms with van der Waals surface area (Å²) in [6.07, 6.45) is 1.15. The molecule has 2 heterocycles. The van der Waals surface area contributed by atoms with Crippen LogP contribution in [0.3, 0.4) is 0 Å². The van der Waals surface area contributed by atoms with E-state index < -0.39 is 6.61 Å². The highest BCUT2D eigenvalue weighted by atomic mass is 19.3. The SMILES string of the molecule is O=C(c1cccc(OC(F)F)c1)N1CCN(C2CCNC2)CC1. The number of carbonyl (C=O) groups excluding carboxylic acids is 1. The van der Waals surface area contributed by atoms with Crippen molar-refractivity contribution in [3.05, 3.63) is 29.8 Å². The van der Waals surface area contributed by atoms with Crippen molar-refractivity contribution in [3.8, 4) is 5.75 Å². The number of piperazine rings is 1. The predicted molar refractivity (Wildman–Crippen MR) is 81.8 cm³/mol. The van der Waals surface area contributed by atoms with Gasteiger partial charge in [0.1, 0.15) is 5.75 Å². The average Bonchev–Trinajstić information content (AvgIpc) is 3.08. The van der Waals surface area contributed by atoms with Gasteiger partial charge in [-0.05, 0) is 31.2 Å². The first kappa shape index (κ1) is 16.1. The fraction of sp³-hybridized carbons (Fsp3) is 0.562. The average molecular weight is 325 g/mol. The molecule has 2 fully saturated rings. The zero-order valence-corrected chi connectivity index (χ0v) is 12.9. The molecule has 0 aromatic heterocycles. The van der Waals surface area contributed by atoms with Crippen LogP contribution in [0.25, 0.3) is 0 Å². The van der Waals surface area contributed by atoms with Crippen molar-refractivity contribution in [1.82, 2.24) is 15.1 Å². The molecule has 126 valence electrons. The summed E-state index contributed by atoms with van der Waals surface area (Å²) < 4.78 is 28.9. The van der Waals surface area contributed by atoms with Crippen LogP contribution in [0.4, 0.5) is 8.78 Å². The smallest absolute Gasteiger partial charge is 0.387 e. The van der Waals surface area contributed by atoms with Gasteiger partial charge in [0.2, 0.25) is 0 Å².